The van der Waals surface area contributed by atoms with E-state index < -0.39 is 0 Å². The van der Waals surface area contributed by atoms with Crippen molar-refractivity contribution in [3.8, 4) is 5.88 Å². The van der Waals surface area contributed by atoms with Crippen molar-refractivity contribution in [1.82, 2.24) is 4.57 Å². The first-order valence-electron chi connectivity index (χ1n) is 4.08. The molecule has 0 aliphatic rings. The van der Waals surface area contributed by atoms with E-state index in [1.807, 2.05) is 0 Å². The number of halogens is 1. The van der Waals surface area contributed by atoms with Gasteiger partial charge in [0.15, 0.2) is 0 Å². The molecule has 2 aromatic rings. The Morgan fingerprint density at radius 3 is 2.79 bits per heavy atom. The highest BCUT2D eigenvalue weighted by Gasteiger charge is 2.05. The van der Waals surface area contributed by atoms with Gasteiger partial charge in [0.25, 0.3) is 5.56 Å². The maximum Gasteiger partial charge on any atom is 0.253 e. The summed E-state index contributed by atoms with van der Waals surface area (Å²) in [6.45, 7) is 0. The molecule has 0 saturated heterocycles. The van der Waals surface area contributed by atoms with Crippen LogP contribution >= 0.6 is 11.6 Å². The van der Waals surface area contributed by atoms with E-state index in [1.54, 1.807) is 18.2 Å². The van der Waals surface area contributed by atoms with Crippen LogP contribution in [0.4, 0.5) is 0 Å². The number of rotatable bonds is 0. The van der Waals surface area contributed by atoms with Crippen LogP contribution in [-0.4, -0.2) is 9.67 Å². The molecular formula is C10H8ClNO2. The number of pyridine rings is 1. The third-order valence-corrected chi connectivity index (χ3v) is 2.42. The van der Waals surface area contributed by atoms with Gasteiger partial charge < -0.3 is 5.11 Å². The molecule has 0 amide bonds. The number of aromatic hydroxyl groups is 1. The molecule has 2 rings (SSSR count). The molecule has 3 nitrogen and oxygen atoms in total. The average Bonchev–Trinajstić information content (AvgIpc) is 2.16. The van der Waals surface area contributed by atoms with E-state index in [-0.39, 0.29) is 11.4 Å². The summed E-state index contributed by atoms with van der Waals surface area (Å²) in [4.78, 5) is 11.3. The second kappa shape index (κ2) is 3.03. The van der Waals surface area contributed by atoms with Gasteiger partial charge in [-0.15, -0.1) is 0 Å². The van der Waals surface area contributed by atoms with E-state index in [2.05, 4.69) is 0 Å². The van der Waals surface area contributed by atoms with Crippen molar-refractivity contribution in [2.45, 2.75) is 0 Å². The summed E-state index contributed by atoms with van der Waals surface area (Å²) < 4.78 is 1.18. The molecule has 1 aromatic carbocycles. The Morgan fingerprint density at radius 1 is 1.36 bits per heavy atom. The Balaban J connectivity index is 2.99. The Hall–Kier alpha value is -1.48. The Bertz CT molecular complexity index is 560. The molecule has 1 heterocycles. The normalized spacial score (nSPS) is 10.7. The van der Waals surface area contributed by atoms with Crippen molar-refractivity contribution < 1.29 is 5.11 Å². The third kappa shape index (κ3) is 1.26. The predicted octanol–water partition coefficient (Wildman–Crippen LogP) is 1.90. The van der Waals surface area contributed by atoms with Crippen molar-refractivity contribution in [2.24, 2.45) is 7.05 Å². The minimum absolute atomic E-state index is 0.0602. The van der Waals surface area contributed by atoms with Gasteiger partial charge in [0.05, 0.1) is 0 Å². The lowest BCUT2D eigenvalue weighted by molar-refractivity contribution is 0.430. The molecule has 1 aromatic heterocycles. The van der Waals surface area contributed by atoms with Gasteiger partial charge in [0, 0.05) is 23.5 Å². The monoisotopic (exact) mass is 209 g/mol. The molecule has 0 radical (unpaired) electrons. The molecule has 0 aliphatic carbocycles. The molecule has 0 atom stereocenters. The van der Waals surface area contributed by atoms with Crippen molar-refractivity contribution in [1.29, 1.82) is 0 Å². The standard InChI is InChI=1S/C10H8ClNO2/c1-12-9(13)4-6-2-3-7(11)5-8(6)10(12)14/h2-5,14H,1H3. The molecule has 4 heteroatoms. The second-order valence-electron chi connectivity index (χ2n) is 3.10. The van der Waals surface area contributed by atoms with Gasteiger partial charge >= 0.3 is 0 Å². The molecule has 0 unspecified atom stereocenters. The van der Waals surface area contributed by atoms with Gasteiger partial charge in [-0.05, 0) is 17.5 Å². The fourth-order valence-electron chi connectivity index (χ4n) is 1.36. The zero-order valence-electron chi connectivity index (χ0n) is 7.49. The maximum atomic E-state index is 11.3. The lowest BCUT2D eigenvalue weighted by atomic mass is 10.2. The van der Waals surface area contributed by atoms with Crippen molar-refractivity contribution in [3.05, 3.63) is 39.6 Å². The Labute approximate surface area is 85.2 Å². The first-order valence-corrected chi connectivity index (χ1v) is 4.45. The number of hydrogen-bond donors (Lipinski definition) is 1. The third-order valence-electron chi connectivity index (χ3n) is 2.18. The smallest absolute Gasteiger partial charge is 0.253 e. The summed E-state index contributed by atoms with van der Waals surface area (Å²) in [5, 5.41) is 11.5. The highest BCUT2D eigenvalue weighted by atomic mass is 35.5. The minimum atomic E-state index is -0.239. The van der Waals surface area contributed by atoms with Crippen LogP contribution in [0.25, 0.3) is 10.8 Å². The van der Waals surface area contributed by atoms with Crippen LogP contribution in [0.5, 0.6) is 5.88 Å². The molecule has 72 valence electrons. The minimum Gasteiger partial charge on any atom is -0.494 e. The molecule has 0 aliphatic heterocycles. The van der Waals surface area contributed by atoms with E-state index in [0.717, 1.165) is 0 Å². The number of aromatic nitrogens is 1. The van der Waals surface area contributed by atoms with Crippen molar-refractivity contribution in [3.63, 3.8) is 0 Å². The topological polar surface area (TPSA) is 42.2 Å². The largest absolute Gasteiger partial charge is 0.494 e. The van der Waals surface area contributed by atoms with E-state index in [4.69, 9.17) is 11.6 Å². The quantitative estimate of drug-likeness (QED) is 0.720. The predicted molar refractivity (Wildman–Crippen MR) is 55.9 cm³/mol. The molecule has 0 spiro atoms. The van der Waals surface area contributed by atoms with E-state index in [1.165, 1.54) is 17.7 Å². The SMILES string of the molecule is Cn1c(O)c2cc(Cl)ccc2cc1=O. The highest BCUT2D eigenvalue weighted by Crippen LogP contribution is 2.24. The summed E-state index contributed by atoms with van der Waals surface area (Å²) in [5.41, 5.74) is -0.239. The Morgan fingerprint density at radius 2 is 2.07 bits per heavy atom. The van der Waals surface area contributed by atoms with Crippen LogP contribution in [-0.2, 0) is 7.05 Å². The average molecular weight is 210 g/mol. The molecule has 0 bridgehead atoms. The van der Waals surface area contributed by atoms with Crippen LogP contribution in [0.15, 0.2) is 29.1 Å². The first kappa shape index (κ1) is 9.09. The number of hydrogen-bond acceptors (Lipinski definition) is 2. The second-order valence-corrected chi connectivity index (χ2v) is 3.53. The van der Waals surface area contributed by atoms with Gasteiger partial charge in [-0.1, -0.05) is 17.7 Å². The van der Waals surface area contributed by atoms with E-state index in [9.17, 15) is 9.90 Å². The molecule has 0 fully saturated rings. The summed E-state index contributed by atoms with van der Waals surface area (Å²) >= 11 is 5.78. The zero-order chi connectivity index (χ0) is 10.3. The van der Waals surface area contributed by atoms with Crippen molar-refractivity contribution in [2.75, 3.05) is 0 Å². The van der Waals surface area contributed by atoms with Gasteiger partial charge in [-0.3, -0.25) is 9.36 Å². The summed E-state index contributed by atoms with van der Waals surface area (Å²) in [6.07, 6.45) is 0. The van der Waals surface area contributed by atoms with Crippen molar-refractivity contribution >= 4 is 22.4 Å². The highest BCUT2D eigenvalue weighted by molar-refractivity contribution is 6.31. The van der Waals surface area contributed by atoms with Gasteiger partial charge in [-0.25, -0.2) is 0 Å². The molecule has 0 saturated carbocycles. The number of benzene rings is 1. The summed E-state index contributed by atoms with van der Waals surface area (Å²) in [7, 11) is 1.51. The Kier molecular flexibility index (Phi) is 1.97. The lowest BCUT2D eigenvalue weighted by Gasteiger charge is -2.05. The van der Waals surface area contributed by atoms with Gasteiger partial charge in [-0.2, -0.15) is 0 Å². The number of nitrogens with zero attached hydrogens (tertiary/aromatic N) is 1. The van der Waals surface area contributed by atoms with Gasteiger partial charge in [0.2, 0.25) is 5.88 Å². The van der Waals surface area contributed by atoms with Crippen LogP contribution < -0.4 is 5.56 Å². The molecular weight excluding hydrogens is 202 g/mol. The van der Waals surface area contributed by atoms with Crippen LogP contribution in [0, 0.1) is 0 Å². The fraction of sp³-hybridized carbons (Fsp3) is 0.100. The summed E-state index contributed by atoms with van der Waals surface area (Å²) in [5.74, 6) is -0.0602. The van der Waals surface area contributed by atoms with Crippen LogP contribution in [0.2, 0.25) is 5.02 Å². The van der Waals surface area contributed by atoms with Crippen LogP contribution in [0.1, 0.15) is 0 Å². The first-order chi connectivity index (χ1) is 6.59. The molecule has 14 heavy (non-hydrogen) atoms. The summed E-state index contributed by atoms with van der Waals surface area (Å²) in [6, 6.07) is 6.48. The molecule has 1 N–H and O–H groups in total. The van der Waals surface area contributed by atoms with E-state index in [0.29, 0.717) is 15.8 Å². The maximum absolute atomic E-state index is 11.3. The van der Waals surface area contributed by atoms with E-state index >= 15 is 0 Å². The number of fused-ring (bicyclic) bond motifs is 1. The van der Waals surface area contributed by atoms with Crippen LogP contribution in [0.3, 0.4) is 0 Å². The fourth-order valence-corrected chi connectivity index (χ4v) is 1.54. The van der Waals surface area contributed by atoms with Gasteiger partial charge in [0.1, 0.15) is 0 Å². The zero-order valence-corrected chi connectivity index (χ0v) is 8.25. The lowest BCUT2D eigenvalue weighted by Crippen LogP contribution is -2.14.